The van der Waals surface area contributed by atoms with Crippen LogP contribution in [0, 0.1) is 0 Å². The number of hydrogen-bond donors (Lipinski definition) is 1. The highest BCUT2D eigenvalue weighted by atomic mass is 79.9. The fourth-order valence-corrected chi connectivity index (χ4v) is 3.68. The van der Waals surface area contributed by atoms with Crippen molar-refractivity contribution < 1.29 is 14.7 Å². The highest BCUT2D eigenvalue weighted by molar-refractivity contribution is 9.10. The van der Waals surface area contributed by atoms with Crippen LogP contribution >= 0.6 is 27.7 Å². The fourth-order valence-electron chi connectivity index (χ4n) is 2.33. The third kappa shape index (κ3) is 4.39. The maximum absolute atomic E-state index is 12.6. The molecular weight excluding hydrogens is 418 g/mol. The molecule has 132 valence electrons. The van der Waals surface area contributed by atoms with Gasteiger partial charge < -0.3 is 5.11 Å². The lowest BCUT2D eigenvalue weighted by Crippen LogP contribution is -2.32. The Balaban J connectivity index is 1.87. The number of hydrogen-bond acceptors (Lipinski definition) is 5. The van der Waals surface area contributed by atoms with Crippen molar-refractivity contribution >= 4 is 56.6 Å². The third-order valence-electron chi connectivity index (χ3n) is 3.53. The third-order valence-corrected chi connectivity index (χ3v) is 5.19. The molecule has 0 aliphatic carbocycles. The number of aliphatic carboxylic acids is 1. The van der Waals surface area contributed by atoms with Gasteiger partial charge in [0, 0.05) is 4.47 Å². The van der Waals surface area contributed by atoms with Gasteiger partial charge in [-0.1, -0.05) is 58.0 Å². The van der Waals surface area contributed by atoms with Crippen LogP contribution in [-0.2, 0) is 9.59 Å². The van der Waals surface area contributed by atoms with E-state index >= 15 is 0 Å². The van der Waals surface area contributed by atoms with Gasteiger partial charge in [0.15, 0.2) is 5.17 Å². The second-order valence-corrected chi connectivity index (χ2v) is 7.48. The molecule has 26 heavy (non-hydrogen) atoms. The van der Waals surface area contributed by atoms with Crippen LogP contribution in [0.4, 0.5) is 5.69 Å². The van der Waals surface area contributed by atoms with Gasteiger partial charge in [0.25, 0.3) is 0 Å². The molecule has 0 aromatic heterocycles. The van der Waals surface area contributed by atoms with E-state index in [1.165, 1.54) is 4.90 Å². The molecule has 6 nitrogen and oxygen atoms in total. The molecule has 8 heteroatoms. The monoisotopic (exact) mass is 431 g/mol. The minimum Gasteiger partial charge on any atom is -0.481 e. The Hall–Kier alpha value is -2.45. The molecule has 1 heterocycles. The van der Waals surface area contributed by atoms with Crippen LogP contribution in [0.25, 0.3) is 0 Å². The molecule has 2 aromatic carbocycles. The van der Waals surface area contributed by atoms with Gasteiger partial charge in [0.2, 0.25) is 5.91 Å². The largest absolute Gasteiger partial charge is 0.481 e. The predicted octanol–water partition coefficient (Wildman–Crippen LogP) is 3.76. The molecule has 0 bridgehead atoms. The number of nitrogens with zero attached hydrogens (tertiary/aromatic N) is 3. The number of carboxylic acids is 1. The van der Waals surface area contributed by atoms with Gasteiger partial charge in [0.1, 0.15) is 5.25 Å². The summed E-state index contributed by atoms with van der Waals surface area (Å²) >= 11 is 4.48. The second kappa shape index (κ2) is 8.29. The lowest BCUT2D eigenvalue weighted by Gasteiger charge is -2.15. The molecule has 0 radical (unpaired) electrons. The number of amidine groups is 1. The van der Waals surface area contributed by atoms with Crippen molar-refractivity contribution in [3.63, 3.8) is 0 Å². The normalized spacial score (nSPS) is 18.8. The van der Waals surface area contributed by atoms with E-state index in [1.807, 2.05) is 30.3 Å². The van der Waals surface area contributed by atoms with E-state index in [9.17, 15) is 9.59 Å². The van der Waals surface area contributed by atoms with E-state index in [0.717, 1.165) is 21.8 Å². The summed E-state index contributed by atoms with van der Waals surface area (Å²) in [4.78, 5) is 25.1. The summed E-state index contributed by atoms with van der Waals surface area (Å²) in [5, 5.41) is 16.9. The van der Waals surface area contributed by atoms with Crippen molar-refractivity contribution in [1.82, 2.24) is 0 Å². The van der Waals surface area contributed by atoms with Gasteiger partial charge in [-0.15, -0.1) is 5.10 Å². The van der Waals surface area contributed by atoms with E-state index in [2.05, 4.69) is 26.1 Å². The van der Waals surface area contributed by atoms with Crippen molar-refractivity contribution in [3.05, 3.63) is 64.6 Å². The SMILES string of the molecule is O=C(O)C[C@H]1S/C(=N/N=C\c2ccc(Br)cc2)N(c2ccccc2)C1=O. The number of thioether (sulfide) groups is 1. The zero-order valence-corrected chi connectivity index (χ0v) is 15.9. The number of carbonyl (C=O) groups excluding carboxylic acids is 1. The van der Waals surface area contributed by atoms with Gasteiger partial charge in [-0.25, -0.2) is 0 Å². The maximum atomic E-state index is 12.6. The van der Waals surface area contributed by atoms with E-state index in [0.29, 0.717) is 10.9 Å². The molecule has 1 aliphatic heterocycles. The molecular formula is C18H14BrN3O3S. The van der Waals surface area contributed by atoms with Gasteiger partial charge in [-0.05, 0) is 29.8 Å². The number of benzene rings is 2. The van der Waals surface area contributed by atoms with Crippen LogP contribution < -0.4 is 4.90 Å². The topological polar surface area (TPSA) is 82.3 Å². The first-order valence-corrected chi connectivity index (χ1v) is 9.36. The Bertz CT molecular complexity index is 869. The summed E-state index contributed by atoms with van der Waals surface area (Å²) in [5.41, 5.74) is 1.50. The summed E-state index contributed by atoms with van der Waals surface area (Å²) in [6.07, 6.45) is 1.32. The quantitative estimate of drug-likeness (QED) is 0.576. The average Bonchev–Trinajstić information content (AvgIpc) is 2.92. The molecule has 0 spiro atoms. The van der Waals surface area contributed by atoms with Crippen LogP contribution in [0.3, 0.4) is 0 Å². The first kappa shape index (κ1) is 18.3. The van der Waals surface area contributed by atoms with Gasteiger partial charge in [-0.3, -0.25) is 14.5 Å². The second-order valence-electron chi connectivity index (χ2n) is 5.39. The summed E-state index contributed by atoms with van der Waals surface area (Å²) < 4.78 is 0.963. The Kier molecular flexibility index (Phi) is 5.85. The van der Waals surface area contributed by atoms with Gasteiger partial charge in [0.05, 0.1) is 18.3 Å². The molecule has 0 unspecified atom stereocenters. The molecule has 1 N–H and O–H groups in total. The van der Waals surface area contributed by atoms with E-state index < -0.39 is 11.2 Å². The molecule has 0 saturated carbocycles. The molecule has 3 rings (SSSR count). The van der Waals surface area contributed by atoms with Crippen molar-refractivity contribution in [2.45, 2.75) is 11.7 Å². The first-order chi connectivity index (χ1) is 12.5. The lowest BCUT2D eigenvalue weighted by molar-refractivity contribution is -0.138. The van der Waals surface area contributed by atoms with Crippen molar-refractivity contribution in [2.24, 2.45) is 10.2 Å². The number of anilines is 1. The Morgan fingerprint density at radius 2 is 1.88 bits per heavy atom. The van der Waals surface area contributed by atoms with Gasteiger partial charge >= 0.3 is 5.97 Å². The highest BCUT2D eigenvalue weighted by Gasteiger charge is 2.40. The van der Waals surface area contributed by atoms with Crippen LogP contribution in [-0.4, -0.2) is 33.6 Å². The molecule has 1 aliphatic rings. The van der Waals surface area contributed by atoms with Crippen molar-refractivity contribution in [3.8, 4) is 0 Å². The molecule has 2 aromatic rings. The molecule has 1 fully saturated rings. The minimum atomic E-state index is -1.02. The summed E-state index contributed by atoms with van der Waals surface area (Å²) in [7, 11) is 0. The summed E-state index contributed by atoms with van der Waals surface area (Å²) in [6.45, 7) is 0. The van der Waals surface area contributed by atoms with E-state index in [4.69, 9.17) is 5.11 Å². The molecule has 1 atom stereocenters. The summed E-state index contributed by atoms with van der Waals surface area (Å²) in [6, 6.07) is 16.5. The van der Waals surface area contributed by atoms with Crippen LogP contribution in [0.2, 0.25) is 0 Å². The number of carbonyl (C=O) groups is 2. The number of rotatable bonds is 5. The Morgan fingerprint density at radius 1 is 1.19 bits per heavy atom. The lowest BCUT2D eigenvalue weighted by atomic mass is 10.2. The predicted molar refractivity (Wildman–Crippen MR) is 107 cm³/mol. The molecule has 1 amide bonds. The van der Waals surface area contributed by atoms with Crippen molar-refractivity contribution in [2.75, 3.05) is 4.90 Å². The average molecular weight is 432 g/mol. The number of para-hydroxylation sites is 1. The first-order valence-electron chi connectivity index (χ1n) is 7.68. The molecule has 1 saturated heterocycles. The van der Waals surface area contributed by atoms with Crippen LogP contribution in [0.15, 0.2) is 69.3 Å². The zero-order valence-electron chi connectivity index (χ0n) is 13.4. The smallest absolute Gasteiger partial charge is 0.305 e. The standard InChI is InChI=1S/C18H14BrN3O3S/c19-13-8-6-12(7-9-13)11-20-21-18-22(14-4-2-1-3-5-14)17(25)15(26-18)10-16(23)24/h1-9,11,15H,10H2,(H,23,24)/b20-11-,21-18+/t15-/m1/s1. The minimum absolute atomic E-state index is 0.262. The van der Waals surface area contributed by atoms with E-state index in [-0.39, 0.29) is 12.3 Å². The number of halogens is 1. The van der Waals surface area contributed by atoms with Crippen molar-refractivity contribution in [1.29, 1.82) is 0 Å². The van der Waals surface area contributed by atoms with Crippen LogP contribution in [0.5, 0.6) is 0 Å². The Labute approximate surface area is 162 Å². The zero-order chi connectivity index (χ0) is 18.5. The number of carboxylic acid groups (broad SMARTS) is 1. The van der Waals surface area contributed by atoms with Gasteiger partial charge in [-0.2, -0.15) is 5.10 Å². The van der Waals surface area contributed by atoms with Crippen LogP contribution in [0.1, 0.15) is 12.0 Å². The number of amides is 1. The highest BCUT2D eigenvalue weighted by Crippen LogP contribution is 2.33. The fraction of sp³-hybridized carbons (Fsp3) is 0.111. The Morgan fingerprint density at radius 3 is 2.54 bits per heavy atom. The summed E-state index contributed by atoms with van der Waals surface area (Å²) in [5.74, 6) is -1.33. The van der Waals surface area contributed by atoms with E-state index in [1.54, 1.807) is 30.5 Å². The maximum Gasteiger partial charge on any atom is 0.305 e.